The molecule has 68 valence electrons. The largest absolute Gasteiger partial charge is 1.00 e. The first-order chi connectivity index (χ1) is 4.45. The third-order valence-electron chi connectivity index (χ3n) is 1.13. The molecule has 3 nitrogen and oxygen atoms in total. The van der Waals surface area contributed by atoms with Crippen molar-refractivity contribution in [2.24, 2.45) is 0 Å². The van der Waals surface area contributed by atoms with Crippen molar-refractivity contribution < 1.29 is 26.8 Å². The molecule has 1 N–H and O–H groups in total. The maximum absolute atomic E-state index is 9.93. The van der Waals surface area contributed by atoms with Crippen LogP contribution in [0.5, 0.6) is 0 Å². The van der Waals surface area contributed by atoms with Gasteiger partial charge in [-0.05, 0) is 0 Å². The quantitative estimate of drug-likeness (QED) is 0.364. The zero-order valence-corrected chi connectivity index (χ0v) is 8.01. The highest BCUT2D eigenvalue weighted by Gasteiger charge is 2.13. The van der Waals surface area contributed by atoms with Gasteiger partial charge in [0.25, 0.3) is 0 Å². The summed E-state index contributed by atoms with van der Waals surface area (Å²) in [6, 6.07) is 0. The minimum Gasteiger partial charge on any atom is -1.00 e. The minimum atomic E-state index is -0.488. The molecule has 0 saturated carbocycles. The molecule has 0 aromatic carbocycles. The number of carbonyl (C=O) groups excluding carboxylic acids is 1. The molecular formula is C7H16ClNO2. The van der Waals surface area contributed by atoms with E-state index in [1.807, 2.05) is 21.1 Å². The van der Waals surface area contributed by atoms with Crippen LogP contribution in [0.25, 0.3) is 0 Å². The number of aldehydes is 1. The van der Waals surface area contributed by atoms with E-state index >= 15 is 0 Å². The molecular weight excluding hydrogens is 166 g/mol. The van der Waals surface area contributed by atoms with Gasteiger partial charge in [0.2, 0.25) is 0 Å². The van der Waals surface area contributed by atoms with Crippen molar-refractivity contribution in [2.45, 2.75) is 12.5 Å². The molecule has 0 aliphatic rings. The molecule has 1 atom stereocenters. The normalized spacial score (nSPS) is 13.5. The van der Waals surface area contributed by atoms with Crippen molar-refractivity contribution in [1.82, 2.24) is 0 Å². The maximum Gasteiger partial charge on any atom is 0.122 e. The zero-order valence-electron chi connectivity index (χ0n) is 7.25. The van der Waals surface area contributed by atoms with Crippen LogP contribution < -0.4 is 12.4 Å². The number of aliphatic hydroxyl groups excluding tert-OH is 1. The fourth-order valence-electron chi connectivity index (χ4n) is 0.818. The van der Waals surface area contributed by atoms with Crippen LogP contribution in [-0.2, 0) is 4.79 Å². The number of likely N-dealkylation sites (N-methyl/N-ethyl adjacent to an activating group) is 1. The summed E-state index contributed by atoms with van der Waals surface area (Å²) in [5.74, 6) is 0. The van der Waals surface area contributed by atoms with Gasteiger partial charge in [-0.1, -0.05) is 0 Å². The molecule has 0 aliphatic carbocycles. The Bertz CT molecular complexity index is 111. The average Bonchev–Trinajstić information content (AvgIpc) is 1.59. The number of aliphatic hydroxyl groups is 1. The highest BCUT2D eigenvalue weighted by Crippen LogP contribution is 1.96. The van der Waals surface area contributed by atoms with Crippen molar-refractivity contribution >= 4 is 6.29 Å². The number of quaternary nitrogens is 1. The lowest BCUT2D eigenvalue weighted by atomic mass is 10.2. The summed E-state index contributed by atoms with van der Waals surface area (Å²) in [7, 11) is 5.94. The zero-order chi connectivity index (χ0) is 8.20. The number of rotatable bonds is 4. The fourth-order valence-corrected chi connectivity index (χ4v) is 0.818. The van der Waals surface area contributed by atoms with Gasteiger partial charge in [-0.15, -0.1) is 0 Å². The van der Waals surface area contributed by atoms with Crippen LogP contribution >= 0.6 is 0 Å². The highest BCUT2D eigenvalue weighted by molar-refractivity contribution is 5.49. The van der Waals surface area contributed by atoms with Crippen molar-refractivity contribution in [3.05, 3.63) is 0 Å². The summed E-state index contributed by atoms with van der Waals surface area (Å²) >= 11 is 0. The molecule has 0 heterocycles. The first-order valence-electron chi connectivity index (χ1n) is 3.38. The molecule has 0 bridgehead atoms. The van der Waals surface area contributed by atoms with Gasteiger partial charge in [0.1, 0.15) is 18.9 Å². The molecule has 1 unspecified atom stereocenters. The third kappa shape index (κ3) is 9.88. The van der Waals surface area contributed by atoms with E-state index in [1.165, 1.54) is 0 Å². The lowest BCUT2D eigenvalue weighted by Gasteiger charge is -2.25. The van der Waals surface area contributed by atoms with Crippen molar-refractivity contribution in [3.8, 4) is 0 Å². The Balaban J connectivity index is 0. The van der Waals surface area contributed by atoms with Crippen molar-refractivity contribution in [3.63, 3.8) is 0 Å². The number of carbonyl (C=O) groups is 1. The van der Waals surface area contributed by atoms with Gasteiger partial charge in [-0.25, -0.2) is 0 Å². The fraction of sp³-hybridized carbons (Fsp3) is 0.857. The van der Waals surface area contributed by atoms with Gasteiger partial charge in [0.05, 0.1) is 21.1 Å². The predicted octanol–water partition coefficient (Wildman–Crippen LogP) is -3.35. The maximum atomic E-state index is 9.93. The number of hydrogen-bond donors (Lipinski definition) is 1. The summed E-state index contributed by atoms with van der Waals surface area (Å²) in [6.45, 7) is 0.624. The molecule has 4 heteroatoms. The van der Waals surface area contributed by atoms with Crippen LogP contribution in [0.1, 0.15) is 6.42 Å². The average molecular weight is 182 g/mol. The predicted molar refractivity (Wildman–Crippen MR) is 39.6 cm³/mol. The topological polar surface area (TPSA) is 37.3 Å². The summed E-state index contributed by atoms with van der Waals surface area (Å²) in [5, 5.41) is 9.14. The molecule has 11 heavy (non-hydrogen) atoms. The summed E-state index contributed by atoms with van der Waals surface area (Å²) < 4.78 is 0.689. The van der Waals surface area contributed by atoms with Gasteiger partial charge in [-0.3, -0.25) is 0 Å². The lowest BCUT2D eigenvalue weighted by Crippen LogP contribution is -3.00. The van der Waals surface area contributed by atoms with E-state index in [9.17, 15) is 4.79 Å². The van der Waals surface area contributed by atoms with Crippen molar-refractivity contribution in [2.75, 3.05) is 27.7 Å². The smallest absolute Gasteiger partial charge is 0.122 e. The van der Waals surface area contributed by atoms with Crippen LogP contribution in [0, 0.1) is 0 Å². The van der Waals surface area contributed by atoms with Gasteiger partial charge in [0.15, 0.2) is 0 Å². The van der Waals surface area contributed by atoms with Crippen LogP contribution in [0.3, 0.4) is 0 Å². The molecule has 0 rings (SSSR count). The molecule has 0 radical (unpaired) electrons. The minimum absolute atomic E-state index is 0. The molecule has 0 fully saturated rings. The van der Waals surface area contributed by atoms with E-state index in [0.717, 1.165) is 6.29 Å². The SMILES string of the molecule is C[N+](C)(C)CC(O)CC=O.[Cl-]. The van der Waals surface area contributed by atoms with Crippen LogP contribution in [0.4, 0.5) is 0 Å². The Kier molecular flexibility index (Phi) is 6.76. The molecule has 0 saturated heterocycles. The van der Waals surface area contributed by atoms with Crippen LogP contribution in [-0.4, -0.2) is 49.7 Å². The first-order valence-corrected chi connectivity index (χ1v) is 3.38. The van der Waals surface area contributed by atoms with Crippen LogP contribution in [0.15, 0.2) is 0 Å². The Hall–Kier alpha value is -0.120. The van der Waals surface area contributed by atoms with E-state index in [2.05, 4.69) is 0 Å². The monoisotopic (exact) mass is 181 g/mol. The molecule has 0 aromatic rings. The summed E-state index contributed by atoms with van der Waals surface area (Å²) in [6.07, 6.45) is 0.507. The van der Waals surface area contributed by atoms with Gasteiger partial charge < -0.3 is 26.8 Å². The Morgan fingerprint density at radius 1 is 1.45 bits per heavy atom. The number of nitrogens with zero attached hydrogens (tertiary/aromatic N) is 1. The van der Waals surface area contributed by atoms with E-state index in [1.54, 1.807) is 0 Å². The van der Waals surface area contributed by atoms with Gasteiger partial charge in [0, 0.05) is 6.42 Å². The van der Waals surface area contributed by atoms with E-state index in [4.69, 9.17) is 5.11 Å². The molecule has 0 aliphatic heterocycles. The molecule has 0 amide bonds. The second-order valence-corrected chi connectivity index (χ2v) is 3.53. The van der Waals surface area contributed by atoms with Gasteiger partial charge >= 0.3 is 0 Å². The second kappa shape index (κ2) is 5.52. The van der Waals surface area contributed by atoms with E-state index < -0.39 is 6.10 Å². The summed E-state index contributed by atoms with van der Waals surface area (Å²) in [5.41, 5.74) is 0. The van der Waals surface area contributed by atoms with E-state index in [0.29, 0.717) is 11.0 Å². The first kappa shape index (κ1) is 13.5. The van der Waals surface area contributed by atoms with E-state index in [-0.39, 0.29) is 18.8 Å². The molecule has 0 spiro atoms. The Morgan fingerprint density at radius 2 is 1.91 bits per heavy atom. The lowest BCUT2D eigenvalue weighted by molar-refractivity contribution is -0.873. The number of hydrogen-bond acceptors (Lipinski definition) is 2. The van der Waals surface area contributed by atoms with Crippen molar-refractivity contribution in [1.29, 1.82) is 0 Å². The molecule has 0 aromatic heterocycles. The summed E-state index contributed by atoms with van der Waals surface area (Å²) in [4.78, 5) is 9.93. The van der Waals surface area contributed by atoms with Gasteiger partial charge in [-0.2, -0.15) is 0 Å². The second-order valence-electron chi connectivity index (χ2n) is 3.53. The highest BCUT2D eigenvalue weighted by atomic mass is 35.5. The van der Waals surface area contributed by atoms with Crippen LogP contribution in [0.2, 0.25) is 0 Å². The standard InChI is InChI=1S/C7H16NO2.ClH/c1-8(2,3)6-7(10)4-5-9;/h5,7,10H,4,6H2,1-3H3;1H/q+1;/p-1. The third-order valence-corrected chi connectivity index (χ3v) is 1.13. The number of halogens is 1. The Labute approximate surface area is 74.0 Å². The Morgan fingerprint density at radius 3 is 2.18 bits per heavy atom.